The number of allylic oxidation sites excluding steroid dienone is 3. The zero-order valence-electron chi connectivity index (χ0n) is 16.4. The Morgan fingerprint density at radius 1 is 0.964 bits per heavy atom. The van der Waals surface area contributed by atoms with E-state index in [1.54, 1.807) is 6.92 Å². The molecular weight excluding hydrogens is 352 g/mol. The molecular formula is C24H24O4. The van der Waals surface area contributed by atoms with E-state index in [-0.39, 0.29) is 5.78 Å². The van der Waals surface area contributed by atoms with E-state index >= 15 is 0 Å². The van der Waals surface area contributed by atoms with Crippen molar-refractivity contribution in [2.24, 2.45) is 0 Å². The number of hydrogen-bond acceptors (Lipinski definition) is 4. The number of hydrogen-bond donors (Lipinski definition) is 0. The fourth-order valence-corrected chi connectivity index (χ4v) is 3.57. The third kappa shape index (κ3) is 3.91. The highest BCUT2D eigenvalue weighted by atomic mass is 16.5. The minimum Gasteiger partial charge on any atom is -0.466 e. The van der Waals surface area contributed by atoms with Crippen LogP contribution in [0.15, 0.2) is 83.3 Å². The summed E-state index contributed by atoms with van der Waals surface area (Å²) in [6.45, 7) is 3.57. The Bertz CT molecular complexity index is 924. The molecule has 0 bridgehead atoms. The van der Waals surface area contributed by atoms with Crippen LogP contribution in [0.1, 0.15) is 37.3 Å². The summed E-state index contributed by atoms with van der Waals surface area (Å²) in [5.41, 5.74) is 2.82. The van der Waals surface area contributed by atoms with Crippen molar-refractivity contribution in [1.82, 2.24) is 0 Å². The lowest BCUT2D eigenvalue weighted by atomic mass is 9.79. The van der Waals surface area contributed by atoms with Gasteiger partial charge in [-0.3, -0.25) is 4.79 Å². The molecule has 28 heavy (non-hydrogen) atoms. The summed E-state index contributed by atoms with van der Waals surface area (Å²) in [7, 11) is 1.34. The largest absolute Gasteiger partial charge is 0.466 e. The zero-order valence-corrected chi connectivity index (χ0v) is 16.4. The van der Waals surface area contributed by atoms with Gasteiger partial charge in [-0.1, -0.05) is 67.6 Å². The number of Topliss-reactive ketones (excluding diaryl/α,β-unsaturated/α-hetero) is 1. The first-order valence-corrected chi connectivity index (χ1v) is 9.38. The van der Waals surface area contributed by atoms with Crippen LogP contribution in [0.3, 0.4) is 0 Å². The molecule has 0 radical (unpaired) electrons. The minimum absolute atomic E-state index is 0.0336. The van der Waals surface area contributed by atoms with Gasteiger partial charge in [-0.05, 0) is 18.1 Å². The van der Waals surface area contributed by atoms with Crippen molar-refractivity contribution in [3.8, 4) is 0 Å². The van der Waals surface area contributed by atoms with E-state index in [9.17, 15) is 9.59 Å². The smallest absolute Gasteiger partial charge is 0.338 e. The van der Waals surface area contributed by atoms with E-state index in [0.29, 0.717) is 35.5 Å². The van der Waals surface area contributed by atoms with Crippen LogP contribution in [-0.4, -0.2) is 18.9 Å². The van der Waals surface area contributed by atoms with Gasteiger partial charge in [0.1, 0.15) is 11.5 Å². The van der Waals surface area contributed by atoms with Crippen LogP contribution in [0.25, 0.3) is 0 Å². The van der Waals surface area contributed by atoms with Crippen molar-refractivity contribution in [1.29, 1.82) is 0 Å². The molecule has 0 spiro atoms. The number of esters is 1. The Kier molecular flexibility index (Phi) is 6.09. The highest BCUT2D eigenvalue weighted by Gasteiger charge is 2.38. The van der Waals surface area contributed by atoms with Gasteiger partial charge in [0.25, 0.3) is 0 Å². The molecule has 2 aromatic carbocycles. The van der Waals surface area contributed by atoms with E-state index in [4.69, 9.17) is 9.47 Å². The number of ether oxygens (including phenoxy) is 2. The molecule has 144 valence electrons. The third-order valence-corrected chi connectivity index (χ3v) is 4.90. The van der Waals surface area contributed by atoms with Crippen molar-refractivity contribution in [2.75, 3.05) is 7.11 Å². The molecule has 0 saturated carbocycles. The quantitative estimate of drug-likeness (QED) is 0.685. The molecule has 0 aliphatic carbocycles. The molecule has 0 fully saturated rings. The van der Waals surface area contributed by atoms with E-state index in [1.807, 2.05) is 67.6 Å². The number of benzene rings is 2. The number of ketones is 1. The first-order valence-electron chi connectivity index (χ1n) is 9.38. The number of carbonyl (C=O) groups excluding carboxylic acids is 2. The lowest BCUT2D eigenvalue weighted by Gasteiger charge is -2.30. The van der Waals surface area contributed by atoms with Crippen molar-refractivity contribution in [3.63, 3.8) is 0 Å². The molecule has 1 heterocycles. The normalized spacial score (nSPS) is 16.6. The molecule has 3 rings (SSSR count). The maximum Gasteiger partial charge on any atom is 0.338 e. The predicted octanol–water partition coefficient (Wildman–Crippen LogP) is 4.72. The fourth-order valence-electron chi connectivity index (χ4n) is 3.57. The molecule has 1 atom stereocenters. The number of carbonyl (C=O) groups is 2. The van der Waals surface area contributed by atoms with E-state index in [1.165, 1.54) is 7.11 Å². The second-order valence-electron chi connectivity index (χ2n) is 6.68. The van der Waals surface area contributed by atoms with E-state index < -0.39 is 11.9 Å². The van der Waals surface area contributed by atoms with Crippen LogP contribution in [-0.2, 0) is 25.5 Å². The van der Waals surface area contributed by atoms with Crippen molar-refractivity contribution < 1.29 is 19.1 Å². The van der Waals surface area contributed by atoms with Crippen LogP contribution in [0, 0.1) is 0 Å². The molecule has 4 heteroatoms. The summed E-state index contributed by atoms with van der Waals surface area (Å²) in [6.07, 6.45) is 0.810. The van der Waals surface area contributed by atoms with Crippen molar-refractivity contribution in [3.05, 3.63) is 94.5 Å². The van der Waals surface area contributed by atoms with Gasteiger partial charge >= 0.3 is 5.97 Å². The molecule has 2 aromatic rings. The topological polar surface area (TPSA) is 52.6 Å². The molecule has 0 aromatic heterocycles. The molecule has 0 amide bonds. The van der Waals surface area contributed by atoms with Gasteiger partial charge in [0.2, 0.25) is 0 Å². The summed E-state index contributed by atoms with van der Waals surface area (Å²) < 4.78 is 11.1. The standard InChI is InChI=1S/C24H24O4/c1-4-19(25)23-20(15-17-11-7-5-8-12-17)28-16(2)21(24(26)27-3)22(23)18-13-9-6-10-14-18/h5-14,22H,4,15H2,1-3H3. The average molecular weight is 376 g/mol. The first kappa shape index (κ1) is 19.6. The Morgan fingerprint density at radius 2 is 1.57 bits per heavy atom. The second-order valence-corrected chi connectivity index (χ2v) is 6.68. The van der Waals surface area contributed by atoms with E-state index in [2.05, 4.69) is 0 Å². The Hall–Kier alpha value is -3.14. The number of methoxy groups -OCH3 is 1. The van der Waals surface area contributed by atoms with Crippen LogP contribution in [0.5, 0.6) is 0 Å². The second kappa shape index (κ2) is 8.70. The highest BCUT2D eigenvalue weighted by molar-refractivity contribution is 6.02. The summed E-state index contributed by atoms with van der Waals surface area (Å²) in [5, 5.41) is 0. The molecule has 0 N–H and O–H groups in total. The van der Waals surface area contributed by atoms with Crippen molar-refractivity contribution in [2.45, 2.75) is 32.6 Å². The van der Waals surface area contributed by atoms with Crippen LogP contribution >= 0.6 is 0 Å². The summed E-state index contributed by atoms with van der Waals surface area (Å²) in [4.78, 5) is 25.6. The van der Waals surface area contributed by atoms with Gasteiger partial charge in [-0.2, -0.15) is 0 Å². The molecule has 0 saturated heterocycles. The summed E-state index contributed by atoms with van der Waals surface area (Å²) in [5.74, 6) is 0.0464. The molecule has 4 nitrogen and oxygen atoms in total. The van der Waals surface area contributed by atoms with Gasteiger partial charge < -0.3 is 9.47 Å². The molecule has 1 aliphatic rings. The first-order chi connectivity index (χ1) is 13.6. The lowest BCUT2D eigenvalue weighted by Crippen LogP contribution is -2.27. The Labute approximate surface area is 165 Å². The van der Waals surface area contributed by atoms with Crippen LogP contribution < -0.4 is 0 Å². The monoisotopic (exact) mass is 376 g/mol. The molecule has 1 aliphatic heterocycles. The fraction of sp³-hybridized carbons (Fsp3) is 0.250. The van der Waals surface area contributed by atoms with Crippen LogP contribution in [0.2, 0.25) is 0 Å². The van der Waals surface area contributed by atoms with Gasteiger partial charge in [0.15, 0.2) is 5.78 Å². The van der Waals surface area contributed by atoms with Gasteiger partial charge in [-0.25, -0.2) is 4.79 Å². The Morgan fingerprint density at radius 3 is 2.14 bits per heavy atom. The van der Waals surface area contributed by atoms with Gasteiger partial charge in [-0.15, -0.1) is 0 Å². The van der Waals surface area contributed by atoms with Crippen molar-refractivity contribution >= 4 is 11.8 Å². The maximum absolute atomic E-state index is 13.0. The number of rotatable bonds is 6. The van der Waals surface area contributed by atoms with Gasteiger partial charge in [0.05, 0.1) is 18.6 Å². The Balaban J connectivity index is 2.19. The molecule has 1 unspecified atom stereocenters. The average Bonchev–Trinajstić information content (AvgIpc) is 2.73. The SMILES string of the molecule is CCC(=O)C1=C(Cc2ccccc2)OC(C)=C(C(=O)OC)C1c1ccccc1. The van der Waals surface area contributed by atoms with Gasteiger partial charge in [0, 0.05) is 18.4 Å². The lowest BCUT2D eigenvalue weighted by molar-refractivity contribution is -0.136. The third-order valence-electron chi connectivity index (χ3n) is 4.90. The van der Waals surface area contributed by atoms with Crippen LogP contribution in [0.4, 0.5) is 0 Å². The summed E-state index contributed by atoms with van der Waals surface area (Å²) in [6, 6.07) is 19.4. The maximum atomic E-state index is 13.0. The predicted molar refractivity (Wildman–Crippen MR) is 107 cm³/mol. The highest BCUT2D eigenvalue weighted by Crippen LogP contribution is 2.42. The zero-order chi connectivity index (χ0) is 20.1. The minimum atomic E-state index is -0.506. The van der Waals surface area contributed by atoms with E-state index in [0.717, 1.165) is 11.1 Å². The summed E-state index contributed by atoms with van der Waals surface area (Å²) >= 11 is 0.